The van der Waals surface area contributed by atoms with E-state index in [9.17, 15) is 9.18 Å². The summed E-state index contributed by atoms with van der Waals surface area (Å²) >= 11 is 12.6. The SMILES string of the molecule is COc1cc(C(=O)N2CCN(C)CC2)ccc1Nc1cc2c(nn1)CCCN2Cc1c(Cl)ccc(F)c1Cl. The van der Waals surface area contributed by atoms with Crippen LogP contribution in [0.3, 0.4) is 0 Å². The molecular weight excluding hydrogens is 530 g/mol. The number of carbonyl (C=O) groups is 1. The van der Waals surface area contributed by atoms with Crippen LogP contribution in [-0.2, 0) is 13.0 Å². The summed E-state index contributed by atoms with van der Waals surface area (Å²) in [7, 11) is 3.62. The van der Waals surface area contributed by atoms with Crippen molar-refractivity contribution < 1.29 is 13.9 Å². The Morgan fingerprint density at radius 1 is 1.08 bits per heavy atom. The lowest BCUT2D eigenvalue weighted by Gasteiger charge is -2.32. The Balaban J connectivity index is 1.37. The number of aromatic nitrogens is 2. The van der Waals surface area contributed by atoms with Crippen molar-refractivity contribution in [2.45, 2.75) is 19.4 Å². The van der Waals surface area contributed by atoms with Crippen molar-refractivity contribution in [2.75, 3.05) is 57.1 Å². The summed E-state index contributed by atoms with van der Waals surface area (Å²) in [6.07, 6.45) is 1.67. The third-order valence-electron chi connectivity index (χ3n) is 7.02. The van der Waals surface area contributed by atoms with Crippen LogP contribution >= 0.6 is 23.2 Å². The summed E-state index contributed by atoms with van der Waals surface area (Å²) in [5.41, 5.74) is 3.50. The van der Waals surface area contributed by atoms with E-state index in [1.54, 1.807) is 19.2 Å². The standard InChI is InChI=1S/C27H29Cl2FN6O2/c1-34-10-12-35(13-11-34)27(37)17-5-8-22(24(14-17)38-2)31-25-15-23-21(32-33-25)4-3-9-36(23)16-18-19(28)6-7-20(30)26(18)29/h5-8,14-15H,3-4,9-13,16H2,1-2H3,(H,31,33). The van der Waals surface area contributed by atoms with Gasteiger partial charge in [0.2, 0.25) is 0 Å². The number of hydrogen-bond acceptors (Lipinski definition) is 7. The van der Waals surface area contributed by atoms with Crippen molar-refractivity contribution in [2.24, 2.45) is 0 Å². The van der Waals surface area contributed by atoms with Crippen LogP contribution in [0.15, 0.2) is 36.4 Å². The van der Waals surface area contributed by atoms with Crippen LogP contribution < -0.4 is 15.0 Å². The Hall–Kier alpha value is -3.14. The molecule has 8 nitrogen and oxygen atoms in total. The van der Waals surface area contributed by atoms with E-state index in [0.29, 0.717) is 53.0 Å². The minimum atomic E-state index is -0.500. The number of carbonyl (C=O) groups excluding carboxylic acids is 1. The van der Waals surface area contributed by atoms with E-state index >= 15 is 0 Å². The molecule has 5 rings (SSSR count). The summed E-state index contributed by atoms with van der Waals surface area (Å²) in [5.74, 6) is 0.533. The van der Waals surface area contributed by atoms with Crippen molar-refractivity contribution in [3.63, 3.8) is 0 Å². The first-order valence-electron chi connectivity index (χ1n) is 12.5. The van der Waals surface area contributed by atoms with Gasteiger partial charge in [0.1, 0.15) is 11.6 Å². The van der Waals surface area contributed by atoms with Crippen LogP contribution in [-0.4, -0.2) is 72.8 Å². The molecule has 0 spiro atoms. The third kappa shape index (κ3) is 5.50. The van der Waals surface area contributed by atoms with Gasteiger partial charge in [0, 0.05) is 61.5 Å². The average molecular weight is 559 g/mol. The Kier molecular flexibility index (Phi) is 7.88. The van der Waals surface area contributed by atoms with E-state index in [1.807, 2.05) is 17.0 Å². The van der Waals surface area contributed by atoms with Gasteiger partial charge in [0.25, 0.3) is 5.91 Å². The monoisotopic (exact) mass is 558 g/mol. The van der Waals surface area contributed by atoms with Crippen molar-refractivity contribution in [3.05, 3.63) is 69.1 Å². The van der Waals surface area contributed by atoms with Gasteiger partial charge in [-0.05, 0) is 50.2 Å². The van der Waals surface area contributed by atoms with Gasteiger partial charge in [-0.1, -0.05) is 23.2 Å². The molecule has 0 atom stereocenters. The lowest BCUT2D eigenvalue weighted by atomic mass is 10.1. The first-order valence-corrected chi connectivity index (χ1v) is 13.3. The number of rotatable bonds is 6. The second-order valence-electron chi connectivity index (χ2n) is 9.54. The van der Waals surface area contributed by atoms with Crippen molar-refractivity contribution >= 4 is 46.3 Å². The smallest absolute Gasteiger partial charge is 0.254 e. The number of anilines is 3. The zero-order valence-electron chi connectivity index (χ0n) is 21.3. The molecule has 1 fully saturated rings. The van der Waals surface area contributed by atoms with E-state index < -0.39 is 5.82 Å². The number of nitrogens with one attached hydrogen (secondary N) is 1. The molecule has 11 heteroatoms. The summed E-state index contributed by atoms with van der Waals surface area (Å²) in [6.45, 7) is 4.20. The largest absolute Gasteiger partial charge is 0.495 e. The summed E-state index contributed by atoms with van der Waals surface area (Å²) in [5, 5.41) is 12.5. The molecule has 3 aromatic rings. The lowest BCUT2D eigenvalue weighted by Crippen LogP contribution is -2.47. The molecule has 0 radical (unpaired) electrons. The number of likely N-dealkylation sites (N-methyl/N-ethyl adjacent to an activating group) is 1. The number of hydrogen-bond donors (Lipinski definition) is 1. The van der Waals surface area contributed by atoms with E-state index in [2.05, 4.69) is 32.4 Å². The summed E-state index contributed by atoms with van der Waals surface area (Å²) in [6, 6.07) is 10.0. The van der Waals surface area contributed by atoms with Gasteiger partial charge in [-0.3, -0.25) is 4.79 Å². The van der Waals surface area contributed by atoms with Gasteiger partial charge in [0.05, 0.1) is 29.2 Å². The van der Waals surface area contributed by atoms with E-state index in [-0.39, 0.29) is 10.9 Å². The van der Waals surface area contributed by atoms with Gasteiger partial charge in [-0.25, -0.2) is 4.39 Å². The number of ether oxygens (including phenoxy) is 1. The predicted molar refractivity (Wildman–Crippen MR) is 148 cm³/mol. The fraction of sp³-hybridized carbons (Fsp3) is 0.370. The number of amides is 1. The number of nitrogens with zero attached hydrogens (tertiary/aromatic N) is 5. The zero-order chi connectivity index (χ0) is 26.8. The minimum Gasteiger partial charge on any atom is -0.495 e. The highest BCUT2D eigenvalue weighted by atomic mass is 35.5. The molecule has 38 heavy (non-hydrogen) atoms. The molecule has 1 saturated heterocycles. The number of aryl methyl sites for hydroxylation is 1. The van der Waals surface area contributed by atoms with Crippen LogP contribution in [0, 0.1) is 5.82 Å². The number of piperazine rings is 1. The molecule has 200 valence electrons. The quantitative estimate of drug-likeness (QED) is 0.426. The molecule has 0 bridgehead atoms. The second kappa shape index (κ2) is 11.3. The van der Waals surface area contributed by atoms with E-state index in [1.165, 1.54) is 12.1 Å². The van der Waals surface area contributed by atoms with E-state index in [4.69, 9.17) is 27.9 Å². The topological polar surface area (TPSA) is 73.8 Å². The Morgan fingerprint density at radius 3 is 2.63 bits per heavy atom. The Morgan fingerprint density at radius 2 is 1.87 bits per heavy atom. The highest BCUT2D eigenvalue weighted by Gasteiger charge is 2.24. The first-order chi connectivity index (χ1) is 18.3. The minimum absolute atomic E-state index is 0.0122. The molecule has 1 aromatic heterocycles. The van der Waals surface area contributed by atoms with Crippen molar-refractivity contribution in [3.8, 4) is 5.75 Å². The zero-order valence-corrected chi connectivity index (χ0v) is 22.8. The van der Waals surface area contributed by atoms with E-state index in [0.717, 1.165) is 43.9 Å². The molecular formula is C27H29Cl2FN6O2. The van der Waals surface area contributed by atoms with Gasteiger partial charge < -0.3 is 24.8 Å². The average Bonchev–Trinajstić information content (AvgIpc) is 2.93. The number of fused-ring (bicyclic) bond motifs is 1. The first kappa shape index (κ1) is 26.5. The number of benzene rings is 2. The maximum absolute atomic E-state index is 14.1. The molecule has 1 amide bonds. The van der Waals surface area contributed by atoms with Crippen LogP contribution in [0.25, 0.3) is 0 Å². The van der Waals surface area contributed by atoms with Crippen LogP contribution in [0.2, 0.25) is 10.0 Å². The predicted octanol–water partition coefficient (Wildman–Crippen LogP) is 5.02. The fourth-order valence-corrected chi connectivity index (χ4v) is 5.29. The molecule has 3 heterocycles. The lowest BCUT2D eigenvalue weighted by molar-refractivity contribution is 0.0664. The van der Waals surface area contributed by atoms with Gasteiger partial charge >= 0.3 is 0 Å². The molecule has 1 N–H and O–H groups in total. The molecule has 0 aliphatic carbocycles. The highest BCUT2D eigenvalue weighted by Crippen LogP contribution is 2.35. The van der Waals surface area contributed by atoms with Crippen LogP contribution in [0.4, 0.5) is 21.6 Å². The molecule has 0 saturated carbocycles. The Bertz CT molecular complexity index is 1350. The molecule has 2 aliphatic heterocycles. The summed E-state index contributed by atoms with van der Waals surface area (Å²) < 4.78 is 19.7. The molecule has 2 aliphatic rings. The second-order valence-corrected chi connectivity index (χ2v) is 10.3. The highest BCUT2D eigenvalue weighted by molar-refractivity contribution is 6.36. The van der Waals surface area contributed by atoms with Crippen molar-refractivity contribution in [1.29, 1.82) is 0 Å². The van der Waals surface area contributed by atoms with Gasteiger partial charge in [-0.15, -0.1) is 5.10 Å². The maximum atomic E-state index is 14.1. The molecule has 2 aromatic carbocycles. The summed E-state index contributed by atoms with van der Waals surface area (Å²) in [4.78, 5) is 19.2. The maximum Gasteiger partial charge on any atom is 0.254 e. The molecule has 0 unspecified atom stereocenters. The normalized spacial score (nSPS) is 15.8. The van der Waals surface area contributed by atoms with Crippen LogP contribution in [0.5, 0.6) is 5.75 Å². The third-order valence-corrected chi connectivity index (χ3v) is 7.78. The van der Waals surface area contributed by atoms with Gasteiger partial charge in [0.15, 0.2) is 5.82 Å². The van der Waals surface area contributed by atoms with Gasteiger partial charge in [-0.2, -0.15) is 5.10 Å². The number of halogens is 3. The Labute approximate surface area is 231 Å². The number of methoxy groups -OCH3 is 1. The van der Waals surface area contributed by atoms with Crippen molar-refractivity contribution in [1.82, 2.24) is 20.0 Å². The van der Waals surface area contributed by atoms with Crippen LogP contribution in [0.1, 0.15) is 28.0 Å². The fourth-order valence-electron chi connectivity index (χ4n) is 4.80.